The molecule has 0 N–H and O–H groups in total. The summed E-state index contributed by atoms with van der Waals surface area (Å²) in [7, 11) is 0. The Morgan fingerprint density at radius 1 is 0.970 bits per heavy atom. The molecule has 4 rings (SSSR count). The molecule has 1 aromatic rings. The minimum absolute atomic E-state index is 0.0331. The van der Waals surface area contributed by atoms with Gasteiger partial charge in [-0.25, -0.2) is 0 Å². The highest BCUT2D eigenvalue weighted by Crippen LogP contribution is 2.39. The Kier molecular flexibility index (Phi) is 7.25. The molecule has 3 amide bonds. The minimum Gasteiger partial charge on any atom is -0.342 e. The van der Waals surface area contributed by atoms with Crippen LogP contribution in [0, 0.1) is 5.92 Å². The molecule has 0 unspecified atom stereocenters. The van der Waals surface area contributed by atoms with E-state index in [9.17, 15) is 14.4 Å². The fraction of sp³-hybridized carbons (Fsp3) is 0.654. The van der Waals surface area contributed by atoms with E-state index < -0.39 is 5.54 Å². The predicted molar refractivity (Wildman–Crippen MR) is 129 cm³/mol. The lowest BCUT2D eigenvalue weighted by atomic mass is 9.85. The zero-order valence-electron chi connectivity index (χ0n) is 20.2. The van der Waals surface area contributed by atoms with Crippen LogP contribution in [0.2, 0.25) is 0 Å². The van der Waals surface area contributed by atoms with Crippen LogP contribution in [0.1, 0.15) is 58.8 Å². The quantitative estimate of drug-likeness (QED) is 0.663. The second-order valence-corrected chi connectivity index (χ2v) is 9.99. The van der Waals surface area contributed by atoms with Crippen molar-refractivity contribution >= 4 is 23.4 Å². The van der Waals surface area contributed by atoms with E-state index in [2.05, 4.69) is 18.7 Å². The molecular weight excluding hydrogens is 416 g/mol. The molecule has 0 aliphatic carbocycles. The van der Waals surface area contributed by atoms with Crippen molar-refractivity contribution in [3.05, 3.63) is 30.3 Å². The predicted octanol–water partition coefficient (Wildman–Crippen LogP) is 3.10. The molecule has 0 aromatic heterocycles. The smallest absolute Gasteiger partial charge is 0.250 e. The Morgan fingerprint density at radius 3 is 2.24 bits per heavy atom. The van der Waals surface area contributed by atoms with Crippen LogP contribution in [0.4, 0.5) is 5.69 Å². The average Bonchev–Trinajstić information content (AvgIpc) is 3.10. The van der Waals surface area contributed by atoms with Gasteiger partial charge in [-0.1, -0.05) is 38.5 Å². The highest BCUT2D eigenvalue weighted by molar-refractivity contribution is 5.96. The first-order chi connectivity index (χ1) is 15.9. The number of hydrogen-bond donors (Lipinski definition) is 0. The number of para-hydroxylation sites is 1. The van der Waals surface area contributed by atoms with Gasteiger partial charge in [0.15, 0.2) is 0 Å². The maximum absolute atomic E-state index is 13.8. The van der Waals surface area contributed by atoms with Crippen LogP contribution in [0.5, 0.6) is 0 Å². The summed E-state index contributed by atoms with van der Waals surface area (Å²) in [4.78, 5) is 47.1. The van der Waals surface area contributed by atoms with Gasteiger partial charge >= 0.3 is 0 Å². The third kappa shape index (κ3) is 4.87. The minimum atomic E-state index is -0.681. The lowest BCUT2D eigenvalue weighted by Gasteiger charge is -2.43. The molecule has 33 heavy (non-hydrogen) atoms. The Hall–Kier alpha value is -2.57. The summed E-state index contributed by atoms with van der Waals surface area (Å²) in [5, 5.41) is 0. The molecule has 3 fully saturated rings. The number of carbonyl (C=O) groups excluding carboxylic acids is 3. The molecule has 1 spiro atoms. The van der Waals surface area contributed by atoms with Crippen molar-refractivity contribution in [2.24, 2.45) is 5.92 Å². The summed E-state index contributed by atoms with van der Waals surface area (Å²) in [6.07, 6.45) is 5.75. The molecule has 3 aliphatic rings. The van der Waals surface area contributed by atoms with Crippen LogP contribution in [-0.4, -0.2) is 77.4 Å². The lowest BCUT2D eigenvalue weighted by molar-refractivity contribution is -0.142. The van der Waals surface area contributed by atoms with E-state index in [0.717, 1.165) is 44.5 Å². The van der Waals surface area contributed by atoms with Gasteiger partial charge in [0.2, 0.25) is 11.8 Å². The van der Waals surface area contributed by atoms with Gasteiger partial charge in [0.25, 0.3) is 5.91 Å². The normalized spacial score (nSPS) is 21.2. The largest absolute Gasteiger partial charge is 0.342 e. The molecule has 7 heteroatoms. The zero-order chi connectivity index (χ0) is 23.4. The summed E-state index contributed by atoms with van der Waals surface area (Å²) < 4.78 is 0. The number of hydrogen-bond acceptors (Lipinski definition) is 4. The summed E-state index contributed by atoms with van der Waals surface area (Å²) in [6.45, 7) is 7.61. The number of anilines is 1. The van der Waals surface area contributed by atoms with Gasteiger partial charge in [-0.2, -0.15) is 0 Å². The fourth-order valence-corrected chi connectivity index (χ4v) is 5.46. The molecule has 3 aliphatic heterocycles. The van der Waals surface area contributed by atoms with Gasteiger partial charge in [0.05, 0.1) is 6.67 Å². The van der Waals surface area contributed by atoms with Crippen LogP contribution in [0.3, 0.4) is 0 Å². The van der Waals surface area contributed by atoms with E-state index in [0.29, 0.717) is 44.9 Å². The number of carbonyl (C=O) groups is 3. The fourth-order valence-electron chi connectivity index (χ4n) is 5.46. The Balaban J connectivity index is 1.49. The second-order valence-electron chi connectivity index (χ2n) is 9.99. The second kappa shape index (κ2) is 10.1. The topological polar surface area (TPSA) is 64.2 Å². The number of unbranched alkanes of at least 4 members (excludes halogenated alkanes) is 1. The van der Waals surface area contributed by atoms with E-state index >= 15 is 0 Å². The van der Waals surface area contributed by atoms with Gasteiger partial charge < -0.3 is 19.6 Å². The first-order valence-electron chi connectivity index (χ1n) is 12.6. The molecule has 7 nitrogen and oxygen atoms in total. The zero-order valence-corrected chi connectivity index (χ0v) is 20.2. The monoisotopic (exact) mass is 454 g/mol. The maximum atomic E-state index is 13.8. The molecule has 3 heterocycles. The molecule has 180 valence electrons. The number of rotatable bonds is 6. The van der Waals surface area contributed by atoms with E-state index in [1.54, 1.807) is 4.90 Å². The first kappa shape index (κ1) is 23.6. The summed E-state index contributed by atoms with van der Waals surface area (Å²) in [6, 6.07) is 10.0. The molecule has 0 saturated carbocycles. The highest BCUT2D eigenvalue weighted by atomic mass is 16.2. The number of nitrogens with zero attached hydrogens (tertiary/aromatic N) is 4. The van der Waals surface area contributed by atoms with Crippen molar-refractivity contribution in [3.63, 3.8) is 0 Å². The van der Waals surface area contributed by atoms with Gasteiger partial charge in [-0.05, 0) is 50.2 Å². The molecule has 1 aromatic carbocycles. The third-order valence-corrected chi connectivity index (χ3v) is 7.73. The van der Waals surface area contributed by atoms with Gasteiger partial charge in [-0.3, -0.25) is 14.4 Å². The maximum Gasteiger partial charge on any atom is 0.250 e. The molecule has 3 saturated heterocycles. The van der Waals surface area contributed by atoms with E-state index in [1.165, 1.54) is 0 Å². The first-order valence-corrected chi connectivity index (χ1v) is 12.6. The number of piperidine rings is 2. The number of amides is 3. The van der Waals surface area contributed by atoms with E-state index in [1.807, 2.05) is 40.1 Å². The Labute approximate surface area is 197 Å². The Bertz CT molecular complexity index is 842. The van der Waals surface area contributed by atoms with Gasteiger partial charge in [0, 0.05) is 38.3 Å². The third-order valence-electron chi connectivity index (χ3n) is 7.73. The summed E-state index contributed by atoms with van der Waals surface area (Å²) in [5.41, 5.74) is 0.318. The molecule has 0 atom stereocenters. The number of likely N-dealkylation sites (tertiary alicyclic amines) is 2. The van der Waals surface area contributed by atoms with Crippen LogP contribution < -0.4 is 4.90 Å². The van der Waals surface area contributed by atoms with E-state index in [4.69, 9.17) is 0 Å². The summed E-state index contributed by atoms with van der Waals surface area (Å²) >= 11 is 0. The Morgan fingerprint density at radius 2 is 1.61 bits per heavy atom. The van der Waals surface area contributed by atoms with Crippen LogP contribution in [0.25, 0.3) is 0 Å². The van der Waals surface area contributed by atoms with Gasteiger partial charge in [-0.15, -0.1) is 0 Å². The lowest BCUT2D eigenvalue weighted by Crippen LogP contribution is -2.57. The van der Waals surface area contributed by atoms with Crippen molar-refractivity contribution in [1.82, 2.24) is 14.7 Å². The average molecular weight is 455 g/mol. The molecule has 0 bridgehead atoms. The van der Waals surface area contributed by atoms with Crippen molar-refractivity contribution in [3.8, 4) is 0 Å². The number of benzene rings is 1. The molecule has 0 radical (unpaired) electrons. The van der Waals surface area contributed by atoms with Gasteiger partial charge in [0.1, 0.15) is 12.1 Å². The van der Waals surface area contributed by atoms with Crippen LogP contribution in [-0.2, 0) is 14.4 Å². The van der Waals surface area contributed by atoms with Crippen molar-refractivity contribution in [2.75, 3.05) is 44.3 Å². The van der Waals surface area contributed by atoms with Crippen molar-refractivity contribution in [2.45, 2.75) is 64.3 Å². The van der Waals surface area contributed by atoms with Crippen LogP contribution >= 0.6 is 0 Å². The van der Waals surface area contributed by atoms with Crippen molar-refractivity contribution < 1.29 is 14.4 Å². The SMILES string of the molecule is CCCCC(=O)N1CCC2(CC1)C(=O)N(CC(=O)N1CCC(C)CC1)CN2c1ccccc1. The molecular formula is C26H38N4O3. The van der Waals surface area contributed by atoms with E-state index in [-0.39, 0.29) is 24.3 Å². The standard InChI is InChI=1S/C26H38N4O3/c1-3-4-10-23(31)28-17-13-26(14-18-28)25(33)29(20-30(26)22-8-6-5-7-9-22)19-24(32)27-15-11-21(2)12-16-27/h5-9,21H,3-4,10-20H2,1-2H3. The summed E-state index contributed by atoms with van der Waals surface area (Å²) in [5.74, 6) is 0.928. The highest BCUT2D eigenvalue weighted by Gasteiger charge is 2.54. The van der Waals surface area contributed by atoms with Crippen LogP contribution in [0.15, 0.2) is 30.3 Å². The van der Waals surface area contributed by atoms with Crippen molar-refractivity contribution in [1.29, 1.82) is 0 Å².